The molecular formula is C19H13Cl2N3. The summed E-state index contributed by atoms with van der Waals surface area (Å²) in [7, 11) is 0. The van der Waals surface area contributed by atoms with Crippen molar-refractivity contribution in [2.75, 3.05) is 5.32 Å². The normalized spacial score (nSPS) is 13.2. The molecule has 0 radical (unpaired) electrons. The summed E-state index contributed by atoms with van der Waals surface area (Å²) in [4.78, 5) is 0. The molecule has 0 amide bonds. The molecule has 0 fully saturated rings. The van der Waals surface area contributed by atoms with Gasteiger partial charge in [-0.1, -0.05) is 54.0 Å². The summed E-state index contributed by atoms with van der Waals surface area (Å²) in [5.74, 6) is 0.884. The van der Waals surface area contributed by atoms with Crippen molar-refractivity contribution in [3.8, 4) is 11.1 Å². The molecule has 0 bridgehead atoms. The molecule has 0 saturated carbocycles. The zero-order valence-electron chi connectivity index (χ0n) is 12.6. The molecule has 1 N–H and O–H groups in total. The highest BCUT2D eigenvalue weighted by molar-refractivity contribution is 6.30. The number of allylic oxidation sites excluding steroid dienone is 1. The minimum atomic E-state index is 0.703. The Morgan fingerprint density at radius 1 is 0.875 bits per heavy atom. The minimum absolute atomic E-state index is 0.703. The second-order valence-corrected chi connectivity index (χ2v) is 6.39. The number of rotatable bonds is 2. The van der Waals surface area contributed by atoms with E-state index in [4.69, 9.17) is 23.2 Å². The molecule has 5 heteroatoms. The SMILES string of the molecule is C=C1C=C(c2ccc(Cl)cc2)n2ncc(-c3ccc(Cl)cc3)c2N1. The van der Waals surface area contributed by atoms with Gasteiger partial charge in [0.05, 0.1) is 11.9 Å². The third-order valence-corrected chi connectivity index (χ3v) is 4.39. The van der Waals surface area contributed by atoms with Crippen molar-refractivity contribution in [3.63, 3.8) is 0 Å². The predicted octanol–water partition coefficient (Wildman–Crippen LogP) is 5.69. The van der Waals surface area contributed by atoms with E-state index in [9.17, 15) is 0 Å². The Labute approximate surface area is 149 Å². The Morgan fingerprint density at radius 2 is 1.46 bits per heavy atom. The number of anilines is 1. The highest BCUT2D eigenvalue weighted by Gasteiger charge is 2.20. The Morgan fingerprint density at radius 3 is 2.08 bits per heavy atom. The van der Waals surface area contributed by atoms with Crippen molar-refractivity contribution in [1.29, 1.82) is 0 Å². The Bertz CT molecular complexity index is 951. The van der Waals surface area contributed by atoms with E-state index in [1.807, 2.05) is 65.5 Å². The molecule has 0 unspecified atom stereocenters. The van der Waals surface area contributed by atoms with Gasteiger partial charge in [-0.05, 0) is 35.9 Å². The highest BCUT2D eigenvalue weighted by atomic mass is 35.5. The molecular weight excluding hydrogens is 341 g/mol. The number of fused-ring (bicyclic) bond motifs is 1. The lowest BCUT2D eigenvalue weighted by Crippen LogP contribution is -2.13. The second kappa shape index (κ2) is 5.86. The molecule has 0 saturated heterocycles. The fraction of sp³-hybridized carbons (Fsp3) is 0. The van der Waals surface area contributed by atoms with Crippen LogP contribution in [0.3, 0.4) is 0 Å². The van der Waals surface area contributed by atoms with Gasteiger partial charge in [0.1, 0.15) is 5.82 Å². The molecule has 3 nitrogen and oxygen atoms in total. The summed E-state index contributed by atoms with van der Waals surface area (Å²) in [5, 5.41) is 9.26. The van der Waals surface area contributed by atoms with Crippen LogP contribution in [0.2, 0.25) is 10.0 Å². The van der Waals surface area contributed by atoms with Gasteiger partial charge in [0, 0.05) is 26.9 Å². The van der Waals surface area contributed by atoms with E-state index in [0.717, 1.165) is 33.9 Å². The van der Waals surface area contributed by atoms with Crippen LogP contribution in [0.1, 0.15) is 5.56 Å². The van der Waals surface area contributed by atoms with E-state index in [-0.39, 0.29) is 0 Å². The fourth-order valence-electron chi connectivity index (χ4n) is 2.73. The van der Waals surface area contributed by atoms with Crippen molar-refractivity contribution >= 4 is 34.7 Å². The van der Waals surface area contributed by atoms with Crippen LogP contribution in [-0.2, 0) is 0 Å². The lowest BCUT2D eigenvalue weighted by atomic mass is 10.1. The summed E-state index contributed by atoms with van der Waals surface area (Å²) < 4.78 is 1.88. The number of nitrogens with one attached hydrogen (secondary N) is 1. The second-order valence-electron chi connectivity index (χ2n) is 5.51. The molecule has 1 aliphatic heterocycles. The van der Waals surface area contributed by atoms with Gasteiger partial charge in [-0.25, -0.2) is 4.68 Å². The summed E-state index contributed by atoms with van der Waals surface area (Å²) in [6, 6.07) is 15.4. The standard InChI is InChI=1S/C19H13Cl2N3/c1-12-10-18(14-4-8-16(21)9-5-14)24-19(23-12)17(11-22-24)13-2-6-15(20)7-3-13/h2-11,23H,1H2. The van der Waals surface area contributed by atoms with E-state index in [2.05, 4.69) is 17.0 Å². The Hall–Kier alpha value is -2.49. The first-order valence-corrected chi connectivity index (χ1v) is 8.15. The number of nitrogens with zero attached hydrogens (tertiary/aromatic N) is 2. The maximum atomic E-state index is 5.99. The first kappa shape index (κ1) is 15.1. The summed E-state index contributed by atoms with van der Waals surface area (Å²) >= 11 is 12.0. The topological polar surface area (TPSA) is 29.9 Å². The molecule has 1 aromatic heterocycles. The molecule has 3 aromatic rings. The van der Waals surface area contributed by atoms with Gasteiger partial charge >= 0.3 is 0 Å². The van der Waals surface area contributed by atoms with Gasteiger partial charge in [0.25, 0.3) is 0 Å². The number of hydrogen-bond acceptors (Lipinski definition) is 2. The van der Waals surface area contributed by atoms with Crippen molar-refractivity contribution in [2.45, 2.75) is 0 Å². The maximum absolute atomic E-state index is 5.99. The van der Waals surface area contributed by atoms with Gasteiger partial charge in [-0.3, -0.25) is 0 Å². The molecule has 2 heterocycles. The molecule has 4 rings (SSSR count). The first-order chi connectivity index (χ1) is 11.6. The van der Waals surface area contributed by atoms with Crippen LogP contribution in [-0.4, -0.2) is 9.78 Å². The monoisotopic (exact) mass is 353 g/mol. The Balaban J connectivity index is 1.83. The zero-order valence-corrected chi connectivity index (χ0v) is 14.1. The van der Waals surface area contributed by atoms with E-state index in [1.165, 1.54) is 0 Å². The van der Waals surface area contributed by atoms with Crippen LogP contribution in [0.5, 0.6) is 0 Å². The van der Waals surface area contributed by atoms with E-state index >= 15 is 0 Å². The molecule has 24 heavy (non-hydrogen) atoms. The molecule has 2 aromatic carbocycles. The minimum Gasteiger partial charge on any atom is -0.340 e. The highest BCUT2D eigenvalue weighted by Crippen LogP contribution is 2.36. The average molecular weight is 354 g/mol. The smallest absolute Gasteiger partial charge is 0.142 e. The third kappa shape index (κ3) is 2.62. The molecule has 0 spiro atoms. The fourth-order valence-corrected chi connectivity index (χ4v) is 2.98. The van der Waals surface area contributed by atoms with Gasteiger partial charge in [0.15, 0.2) is 0 Å². The van der Waals surface area contributed by atoms with E-state index in [1.54, 1.807) is 0 Å². The third-order valence-electron chi connectivity index (χ3n) is 3.88. The van der Waals surface area contributed by atoms with Crippen molar-refractivity contribution < 1.29 is 0 Å². The Kier molecular flexibility index (Phi) is 3.68. The number of hydrogen-bond donors (Lipinski definition) is 1. The number of benzene rings is 2. The number of halogens is 2. The summed E-state index contributed by atoms with van der Waals surface area (Å²) in [6.07, 6.45) is 3.81. The van der Waals surface area contributed by atoms with E-state index in [0.29, 0.717) is 10.0 Å². The largest absolute Gasteiger partial charge is 0.340 e. The molecule has 0 aliphatic carbocycles. The lowest BCUT2D eigenvalue weighted by molar-refractivity contribution is 0.898. The molecule has 118 valence electrons. The predicted molar refractivity (Wildman–Crippen MR) is 100 cm³/mol. The maximum Gasteiger partial charge on any atom is 0.142 e. The average Bonchev–Trinajstić information content (AvgIpc) is 2.99. The van der Waals surface area contributed by atoms with Crippen LogP contribution in [0.4, 0.5) is 5.82 Å². The summed E-state index contributed by atoms with van der Waals surface area (Å²) in [6.45, 7) is 4.06. The quantitative estimate of drug-likeness (QED) is 0.641. The zero-order chi connectivity index (χ0) is 16.7. The molecule has 1 aliphatic rings. The van der Waals surface area contributed by atoms with Crippen LogP contribution in [0.25, 0.3) is 16.8 Å². The van der Waals surface area contributed by atoms with Gasteiger partial charge in [-0.15, -0.1) is 0 Å². The van der Waals surface area contributed by atoms with Crippen molar-refractivity contribution in [2.24, 2.45) is 0 Å². The lowest BCUT2D eigenvalue weighted by Gasteiger charge is -2.20. The molecule has 0 atom stereocenters. The van der Waals surface area contributed by atoms with Crippen molar-refractivity contribution in [1.82, 2.24) is 9.78 Å². The summed E-state index contributed by atoms with van der Waals surface area (Å²) in [5.41, 5.74) is 4.81. The van der Waals surface area contributed by atoms with Crippen LogP contribution in [0.15, 0.2) is 73.1 Å². The first-order valence-electron chi connectivity index (χ1n) is 7.40. The van der Waals surface area contributed by atoms with E-state index < -0.39 is 0 Å². The van der Waals surface area contributed by atoms with Gasteiger partial charge < -0.3 is 5.32 Å². The van der Waals surface area contributed by atoms with Gasteiger partial charge in [0.2, 0.25) is 0 Å². The van der Waals surface area contributed by atoms with Crippen LogP contribution < -0.4 is 5.32 Å². The van der Waals surface area contributed by atoms with Crippen LogP contribution in [0, 0.1) is 0 Å². The van der Waals surface area contributed by atoms with Gasteiger partial charge in [-0.2, -0.15) is 5.10 Å². The number of aromatic nitrogens is 2. The van der Waals surface area contributed by atoms with Crippen LogP contribution >= 0.6 is 23.2 Å². The van der Waals surface area contributed by atoms with Crippen molar-refractivity contribution in [3.05, 3.63) is 88.7 Å².